The summed E-state index contributed by atoms with van der Waals surface area (Å²) in [7, 11) is 1.70. The molecule has 0 radical (unpaired) electrons. The number of rotatable bonds is 6. The van der Waals surface area contributed by atoms with Crippen molar-refractivity contribution in [2.24, 2.45) is 5.92 Å². The van der Waals surface area contributed by atoms with Crippen LogP contribution in [0.25, 0.3) is 0 Å². The molecule has 4 nitrogen and oxygen atoms in total. The lowest BCUT2D eigenvalue weighted by Gasteiger charge is -2.27. The summed E-state index contributed by atoms with van der Waals surface area (Å²) in [5.74, 6) is 0.435. The van der Waals surface area contributed by atoms with Gasteiger partial charge in [-0.3, -0.25) is 4.79 Å². The molecule has 1 amide bonds. The molecule has 0 aromatic carbocycles. The van der Waals surface area contributed by atoms with E-state index in [4.69, 9.17) is 4.74 Å². The van der Waals surface area contributed by atoms with Crippen LogP contribution < -0.4 is 10.6 Å². The molecule has 16 heavy (non-hydrogen) atoms. The molecule has 1 saturated heterocycles. The van der Waals surface area contributed by atoms with E-state index in [0.717, 1.165) is 45.4 Å². The number of hydrogen-bond donors (Lipinski definition) is 2. The van der Waals surface area contributed by atoms with Crippen LogP contribution in [0.3, 0.4) is 0 Å². The molecule has 2 N–H and O–H groups in total. The maximum absolute atomic E-state index is 11.8. The first-order chi connectivity index (χ1) is 7.74. The predicted octanol–water partition coefficient (Wildman–Crippen LogP) is 0.917. The van der Waals surface area contributed by atoms with Crippen LogP contribution >= 0.6 is 0 Å². The van der Waals surface area contributed by atoms with E-state index in [1.54, 1.807) is 7.11 Å². The van der Waals surface area contributed by atoms with Gasteiger partial charge in [0, 0.05) is 32.2 Å². The van der Waals surface area contributed by atoms with Crippen molar-refractivity contribution < 1.29 is 9.53 Å². The molecule has 1 aliphatic heterocycles. The van der Waals surface area contributed by atoms with E-state index < -0.39 is 0 Å². The number of unbranched alkanes of at least 4 members (excludes halogenated alkanes) is 1. The van der Waals surface area contributed by atoms with Gasteiger partial charge in [-0.15, -0.1) is 0 Å². The second-order valence-corrected chi connectivity index (χ2v) is 4.57. The molecule has 1 aliphatic rings. The van der Waals surface area contributed by atoms with E-state index in [1.165, 1.54) is 0 Å². The topological polar surface area (TPSA) is 50.4 Å². The second-order valence-electron chi connectivity index (χ2n) is 4.57. The summed E-state index contributed by atoms with van der Waals surface area (Å²) in [6.45, 7) is 4.65. The lowest BCUT2D eigenvalue weighted by atomic mass is 9.92. The fourth-order valence-electron chi connectivity index (χ4n) is 2.10. The van der Waals surface area contributed by atoms with Crippen LogP contribution in [0.5, 0.6) is 0 Å². The number of hydrogen-bond acceptors (Lipinski definition) is 3. The average Bonchev–Trinajstić information content (AvgIpc) is 2.28. The summed E-state index contributed by atoms with van der Waals surface area (Å²) < 4.78 is 4.96. The number of ether oxygens (including phenoxy) is 1. The van der Waals surface area contributed by atoms with Gasteiger partial charge in [-0.1, -0.05) is 0 Å². The maximum atomic E-state index is 11.8. The largest absolute Gasteiger partial charge is 0.385 e. The first kappa shape index (κ1) is 13.5. The molecule has 0 aromatic heterocycles. The predicted molar refractivity (Wildman–Crippen MR) is 64.3 cm³/mol. The molecule has 0 saturated carbocycles. The summed E-state index contributed by atoms with van der Waals surface area (Å²) in [6.07, 6.45) is 3.94. The zero-order valence-corrected chi connectivity index (χ0v) is 10.4. The van der Waals surface area contributed by atoms with Gasteiger partial charge < -0.3 is 15.4 Å². The molecule has 2 unspecified atom stereocenters. The van der Waals surface area contributed by atoms with Gasteiger partial charge >= 0.3 is 0 Å². The second kappa shape index (κ2) is 7.63. The molecule has 4 heteroatoms. The number of carbonyl (C=O) groups excluding carboxylic acids is 1. The van der Waals surface area contributed by atoms with Crippen molar-refractivity contribution in [3.8, 4) is 0 Å². The minimum Gasteiger partial charge on any atom is -0.385 e. The summed E-state index contributed by atoms with van der Waals surface area (Å²) in [4.78, 5) is 11.8. The molecule has 1 fully saturated rings. The van der Waals surface area contributed by atoms with Crippen LogP contribution in [0.15, 0.2) is 0 Å². The molecule has 2 atom stereocenters. The van der Waals surface area contributed by atoms with Crippen molar-refractivity contribution in [2.75, 3.05) is 26.8 Å². The monoisotopic (exact) mass is 228 g/mol. The highest BCUT2D eigenvalue weighted by Gasteiger charge is 2.23. The molecule has 0 spiro atoms. The van der Waals surface area contributed by atoms with E-state index in [9.17, 15) is 4.79 Å². The molecule has 94 valence electrons. The SMILES string of the molecule is COCCCCNC(=O)C1CCNC(C)C1. The Kier molecular flexibility index (Phi) is 6.42. The van der Waals surface area contributed by atoms with Gasteiger partial charge in [-0.05, 0) is 39.2 Å². The van der Waals surface area contributed by atoms with E-state index in [-0.39, 0.29) is 11.8 Å². The van der Waals surface area contributed by atoms with Gasteiger partial charge in [0.15, 0.2) is 0 Å². The Morgan fingerprint density at radius 2 is 2.31 bits per heavy atom. The molecule has 1 rings (SSSR count). The fraction of sp³-hybridized carbons (Fsp3) is 0.917. The first-order valence-electron chi connectivity index (χ1n) is 6.24. The minimum absolute atomic E-state index is 0.207. The van der Waals surface area contributed by atoms with Crippen LogP contribution in [-0.2, 0) is 9.53 Å². The zero-order chi connectivity index (χ0) is 11.8. The molecular formula is C12H24N2O2. The van der Waals surface area contributed by atoms with Crippen LogP contribution in [0, 0.1) is 5.92 Å². The number of methoxy groups -OCH3 is 1. The van der Waals surface area contributed by atoms with Gasteiger partial charge in [0.05, 0.1) is 0 Å². The van der Waals surface area contributed by atoms with Gasteiger partial charge in [-0.2, -0.15) is 0 Å². The van der Waals surface area contributed by atoms with Gasteiger partial charge in [0.2, 0.25) is 5.91 Å². The van der Waals surface area contributed by atoms with Crippen LogP contribution in [-0.4, -0.2) is 38.8 Å². The normalized spacial score (nSPS) is 25.4. The van der Waals surface area contributed by atoms with E-state index >= 15 is 0 Å². The quantitative estimate of drug-likeness (QED) is 0.665. The van der Waals surface area contributed by atoms with Gasteiger partial charge in [0.1, 0.15) is 0 Å². The third-order valence-corrected chi connectivity index (χ3v) is 3.07. The Labute approximate surface area is 98.1 Å². The first-order valence-corrected chi connectivity index (χ1v) is 6.24. The fourth-order valence-corrected chi connectivity index (χ4v) is 2.10. The standard InChI is InChI=1S/C12H24N2O2/c1-10-9-11(5-7-13-10)12(15)14-6-3-4-8-16-2/h10-11,13H,3-9H2,1-2H3,(H,14,15). The van der Waals surface area contributed by atoms with Crippen molar-refractivity contribution in [1.29, 1.82) is 0 Å². The van der Waals surface area contributed by atoms with E-state index in [1.807, 2.05) is 0 Å². The smallest absolute Gasteiger partial charge is 0.223 e. The average molecular weight is 228 g/mol. The summed E-state index contributed by atoms with van der Waals surface area (Å²) in [6, 6.07) is 0.470. The number of piperidine rings is 1. The number of carbonyl (C=O) groups is 1. The van der Waals surface area contributed by atoms with E-state index in [2.05, 4.69) is 17.6 Å². The van der Waals surface area contributed by atoms with Crippen molar-refractivity contribution in [1.82, 2.24) is 10.6 Å². The Balaban J connectivity index is 2.09. The Morgan fingerprint density at radius 3 is 3.00 bits per heavy atom. The molecule has 1 heterocycles. The van der Waals surface area contributed by atoms with Gasteiger partial charge in [0.25, 0.3) is 0 Å². The van der Waals surface area contributed by atoms with Crippen LogP contribution in [0.1, 0.15) is 32.6 Å². The third-order valence-electron chi connectivity index (χ3n) is 3.07. The number of nitrogens with one attached hydrogen (secondary N) is 2. The summed E-state index contributed by atoms with van der Waals surface area (Å²) in [5.41, 5.74) is 0. The van der Waals surface area contributed by atoms with Gasteiger partial charge in [-0.25, -0.2) is 0 Å². The van der Waals surface area contributed by atoms with Crippen molar-refractivity contribution in [2.45, 2.75) is 38.6 Å². The highest BCUT2D eigenvalue weighted by atomic mass is 16.5. The molecule has 0 aliphatic carbocycles. The van der Waals surface area contributed by atoms with Crippen molar-refractivity contribution >= 4 is 5.91 Å². The van der Waals surface area contributed by atoms with Crippen LogP contribution in [0.2, 0.25) is 0 Å². The van der Waals surface area contributed by atoms with Crippen molar-refractivity contribution in [3.05, 3.63) is 0 Å². The Bertz CT molecular complexity index is 209. The third kappa shape index (κ3) is 4.94. The lowest BCUT2D eigenvalue weighted by Crippen LogP contribution is -2.42. The molecule has 0 bridgehead atoms. The summed E-state index contributed by atoms with van der Waals surface area (Å²) >= 11 is 0. The Hall–Kier alpha value is -0.610. The highest BCUT2D eigenvalue weighted by molar-refractivity contribution is 5.78. The minimum atomic E-state index is 0.207. The maximum Gasteiger partial charge on any atom is 0.223 e. The Morgan fingerprint density at radius 1 is 1.50 bits per heavy atom. The highest BCUT2D eigenvalue weighted by Crippen LogP contribution is 2.15. The van der Waals surface area contributed by atoms with Crippen molar-refractivity contribution in [3.63, 3.8) is 0 Å². The lowest BCUT2D eigenvalue weighted by molar-refractivity contribution is -0.126. The number of amides is 1. The van der Waals surface area contributed by atoms with E-state index in [0.29, 0.717) is 6.04 Å². The zero-order valence-electron chi connectivity index (χ0n) is 10.4. The molecular weight excluding hydrogens is 204 g/mol. The molecule has 0 aromatic rings. The van der Waals surface area contributed by atoms with Crippen LogP contribution in [0.4, 0.5) is 0 Å². The summed E-state index contributed by atoms with van der Waals surface area (Å²) in [5, 5.41) is 6.36.